The Kier molecular flexibility index (Phi) is 5.88. The molecule has 0 aromatic heterocycles. The molecule has 2 heterocycles. The first-order valence-corrected chi connectivity index (χ1v) is 10.0. The van der Waals surface area contributed by atoms with Crippen LogP contribution in [0.1, 0.15) is 19.4 Å². The van der Waals surface area contributed by atoms with Gasteiger partial charge in [0.05, 0.1) is 19.3 Å². The number of benzene rings is 1. The molecule has 2 aliphatic rings. The van der Waals surface area contributed by atoms with E-state index in [1.165, 1.54) is 28.3 Å². The zero-order chi connectivity index (χ0) is 20.4. The van der Waals surface area contributed by atoms with Crippen LogP contribution in [-0.2, 0) is 9.59 Å². The Hall–Kier alpha value is -2.61. The summed E-state index contributed by atoms with van der Waals surface area (Å²) in [6, 6.07) is 5.02. The van der Waals surface area contributed by atoms with Crippen molar-refractivity contribution in [2.45, 2.75) is 26.0 Å². The molecule has 0 saturated heterocycles. The van der Waals surface area contributed by atoms with Crippen molar-refractivity contribution >= 4 is 41.0 Å². The van der Waals surface area contributed by atoms with E-state index in [0.29, 0.717) is 23.7 Å². The fraction of sp³-hybridized carbons (Fsp3) is 0.400. The van der Waals surface area contributed by atoms with Crippen molar-refractivity contribution in [1.82, 2.24) is 4.90 Å². The van der Waals surface area contributed by atoms with Crippen molar-refractivity contribution in [1.29, 1.82) is 0 Å². The minimum Gasteiger partial charge on any atom is -0.495 e. The molecule has 8 heteroatoms. The van der Waals surface area contributed by atoms with Gasteiger partial charge in [-0.05, 0) is 42.0 Å². The summed E-state index contributed by atoms with van der Waals surface area (Å²) in [6.45, 7) is 5.96. The molecule has 148 valence electrons. The van der Waals surface area contributed by atoms with E-state index < -0.39 is 11.3 Å². The molecule has 0 fully saturated rings. The molecule has 1 N–H and O–H groups in total. The number of hydrogen-bond acceptors (Lipinski definition) is 5. The molecule has 0 saturated carbocycles. The minimum absolute atomic E-state index is 0.140. The molecule has 4 amide bonds. The van der Waals surface area contributed by atoms with Gasteiger partial charge in [-0.1, -0.05) is 19.9 Å². The van der Waals surface area contributed by atoms with Gasteiger partial charge in [-0.2, -0.15) is 14.3 Å². The van der Waals surface area contributed by atoms with E-state index in [4.69, 9.17) is 4.74 Å². The molecule has 1 atom stereocenters. The predicted octanol–water partition coefficient (Wildman–Crippen LogP) is 2.64. The number of urea groups is 1. The fourth-order valence-electron chi connectivity index (χ4n) is 3.20. The van der Waals surface area contributed by atoms with Crippen LogP contribution >= 0.6 is 11.8 Å². The molecule has 7 nitrogen and oxygen atoms in total. The molecule has 1 aromatic rings. The van der Waals surface area contributed by atoms with E-state index in [0.717, 1.165) is 5.56 Å². The number of nitrogens with one attached hydrogen (secondary N) is 1. The number of allylic oxidation sites excluding steroid dienone is 1. The first-order valence-electron chi connectivity index (χ1n) is 9.08. The number of rotatable bonds is 6. The number of hydrogen-bond donors (Lipinski definition) is 1. The van der Waals surface area contributed by atoms with Crippen molar-refractivity contribution < 1.29 is 23.7 Å². The van der Waals surface area contributed by atoms with Crippen LogP contribution in [0.4, 0.5) is 10.5 Å². The molecule has 0 radical (unpaired) electrons. The number of carbonyl (C=O) groups is 3. The highest BCUT2D eigenvalue weighted by atomic mass is 32.2. The van der Waals surface area contributed by atoms with Gasteiger partial charge in [-0.3, -0.25) is 4.79 Å². The summed E-state index contributed by atoms with van der Waals surface area (Å²) in [6.07, 6.45) is 1.73. The van der Waals surface area contributed by atoms with E-state index in [1.807, 2.05) is 32.9 Å². The molecule has 0 aliphatic carbocycles. The number of aryl methyl sites for hydroxylation is 1. The van der Waals surface area contributed by atoms with Gasteiger partial charge in [0.2, 0.25) is 0 Å². The average Bonchev–Trinajstić information content (AvgIpc) is 3.12. The summed E-state index contributed by atoms with van der Waals surface area (Å²) in [5.74, 6) is 0.108. The van der Waals surface area contributed by atoms with Crippen LogP contribution < -0.4 is 10.1 Å². The van der Waals surface area contributed by atoms with Crippen molar-refractivity contribution in [3.63, 3.8) is 0 Å². The van der Waals surface area contributed by atoms with Crippen LogP contribution in [0.5, 0.6) is 5.75 Å². The Balaban J connectivity index is 1.85. The standard InChI is InChI=1S/C20H23N3O4S/c1-12(2)10-23-19(25)18-15(7-8-28-18)22(20(23)26)11-17(24)21-14-9-13(3)5-6-16(14)27-4/h5-9,12,18H,10-11H2,1-4H3/p+1. The second-order valence-corrected chi connectivity index (χ2v) is 8.22. The molecule has 0 bridgehead atoms. The third kappa shape index (κ3) is 3.96. The van der Waals surface area contributed by atoms with Gasteiger partial charge in [0.25, 0.3) is 5.91 Å². The molecule has 1 unspecified atom stereocenters. The highest BCUT2D eigenvalue weighted by molar-refractivity contribution is 8.04. The normalized spacial score (nSPS) is 18.8. The zero-order valence-corrected chi connectivity index (χ0v) is 17.2. The van der Waals surface area contributed by atoms with E-state index in [1.54, 1.807) is 17.6 Å². The maximum Gasteiger partial charge on any atom is 0.501 e. The maximum absolute atomic E-state index is 12.9. The number of anilines is 1. The monoisotopic (exact) mass is 402 g/mol. The lowest BCUT2D eigenvalue weighted by atomic mass is 10.1. The molecule has 0 spiro atoms. The highest BCUT2D eigenvalue weighted by Crippen LogP contribution is 2.29. The van der Waals surface area contributed by atoms with Gasteiger partial charge in [0, 0.05) is 0 Å². The number of amides is 4. The second kappa shape index (κ2) is 8.18. The van der Waals surface area contributed by atoms with E-state index in [2.05, 4.69) is 5.32 Å². The largest absolute Gasteiger partial charge is 0.501 e. The van der Waals surface area contributed by atoms with Gasteiger partial charge in [-0.15, -0.1) is 11.8 Å². The van der Waals surface area contributed by atoms with Crippen LogP contribution in [0, 0.1) is 12.8 Å². The smallest absolute Gasteiger partial charge is 0.495 e. The maximum atomic E-state index is 12.9. The van der Waals surface area contributed by atoms with E-state index in [-0.39, 0.29) is 24.3 Å². The van der Waals surface area contributed by atoms with Gasteiger partial charge in [0.1, 0.15) is 11.5 Å². The van der Waals surface area contributed by atoms with E-state index >= 15 is 0 Å². The van der Waals surface area contributed by atoms with Crippen LogP contribution in [-0.4, -0.2) is 58.5 Å². The quantitative estimate of drug-likeness (QED) is 0.740. The van der Waals surface area contributed by atoms with Crippen molar-refractivity contribution in [3.8, 4) is 5.75 Å². The second-order valence-electron chi connectivity index (χ2n) is 7.21. The third-order valence-electron chi connectivity index (χ3n) is 4.46. The summed E-state index contributed by atoms with van der Waals surface area (Å²) in [4.78, 5) is 39.6. The fourth-order valence-corrected chi connectivity index (χ4v) is 4.16. The van der Waals surface area contributed by atoms with Crippen LogP contribution in [0.25, 0.3) is 0 Å². The Morgan fingerprint density at radius 2 is 2.11 bits per heavy atom. The Morgan fingerprint density at radius 1 is 1.36 bits per heavy atom. The number of imide groups is 1. The molecule has 1 aromatic carbocycles. The third-order valence-corrected chi connectivity index (χ3v) is 5.47. The average molecular weight is 402 g/mol. The zero-order valence-electron chi connectivity index (χ0n) is 16.4. The van der Waals surface area contributed by atoms with Crippen LogP contribution in [0.2, 0.25) is 0 Å². The summed E-state index contributed by atoms with van der Waals surface area (Å²) >= 11 is 1.36. The molecular formula is C20H24N3O4S+. The van der Waals surface area contributed by atoms with Gasteiger partial charge in [0.15, 0.2) is 11.8 Å². The molecule has 3 rings (SSSR count). The Labute approximate surface area is 168 Å². The highest BCUT2D eigenvalue weighted by Gasteiger charge is 2.49. The predicted molar refractivity (Wildman–Crippen MR) is 109 cm³/mol. The topological polar surface area (TPSA) is 78.7 Å². The van der Waals surface area contributed by atoms with Crippen molar-refractivity contribution in [2.24, 2.45) is 5.92 Å². The van der Waals surface area contributed by atoms with Gasteiger partial charge < -0.3 is 10.1 Å². The van der Waals surface area contributed by atoms with Crippen LogP contribution in [0.3, 0.4) is 0 Å². The number of methoxy groups -OCH3 is 1. The van der Waals surface area contributed by atoms with Crippen molar-refractivity contribution in [2.75, 3.05) is 25.5 Å². The number of ether oxygens (including phenoxy) is 1. The lowest BCUT2D eigenvalue weighted by Crippen LogP contribution is -2.57. The van der Waals surface area contributed by atoms with Crippen LogP contribution in [0.15, 0.2) is 29.7 Å². The summed E-state index contributed by atoms with van der Waals surface area (Å²) in [5, 5.41) is 4.13. The lowest BCUT2D eigenvalue weighted by Gasteiger charge is -2.25. The number of thioether (sulfide) groups is 1. The molecular weight excluding hydrogens is 378 g/mol. The van der Waals surface area contributed by atoms with Gasteiger partial charge >= 0.3 is 11.9 Å². The number of fused-ring (bicyclic) bond motifs is 1. The summed E-state index contributed by atoms with van der Waals surface area (Å²) in [5.41, 5.74) is 2.08. The SMILES string of the molecule is COc1ccc(C)cc1NC(=O)C[N+]1=C2C=CSC2C(=O)N(CC(C)C)C1=O. The Bertz CT molecular complexity index is 891. The molecule has 2 aliphatic heterocycles. The molecule has 28 heavy (non-hydrogen) atoms. The minimum atomic E-state index is -0.474. The number of carbonyl (C=O) groups excluding carboxylic acids is 3. The Morgan fingerprint density at radius 3 is 2.79 bits per heavy atom. The number of nitrogens with zero attached hydrogens (tertiary/aromatic N) is 2. The lowest BCUT2D eigenvalue weighted by molar-refractivity contribution is -0.426. The first-order chi connectivity index (χ1) is 13.3. The summed E-state index contributed by atoms with van der Waals surface area (Å²) < 4.78 is 6.68. The van der Waals surface area contributed by atoms with Crippen molar-refractivity contribution in [3.05, 3.63) is 35.2 Å². The van der Waals surface area contributed by atoms with Gasteiger partial charge in [-0.25, -0.2) is 4.79 Å². The van der Waals surface area contributed by atoms with E-state index in [9.17, 15) is 14.4 Å². The summed E-state index contributed by atoms with van der Waals surface area (Å²) in [7, 11) is 1.53. The first kappa shape index (κ1) is 20.1.